The van der Waals surface area contributed by atoms with Gasteiger partial charge in [-0.05, 0) is 54.7 Å². The molecule has 0 bridgehead atoms. The van der Waals surface area contributed by atoms with Crippen molar-refractivity contribution in [2.24, 2.45) is 5.84 Å². The summed E-state index contributed by atoms with van der Waals surface area (Å²) in [7, 11) is 0. The third-order valence-corrected chi connectivity index (χ3v) is 4.65. The van der Waals surface area contributed by atoms with Crippen LogP contribution in [0.15, 0.2) is 41.0 Å². The second-order valence-electron chi connectivity index (χ2n) is 5.34. The molecule has 2 atom stereocenters. The fourth-order valence-corrected chi connectivity index (χ4v) is 3.52. The van der Waals surface area contributed by atoms with Gasteiger partial charge in [-0.3, -0.25) is 16.3 Å². The largest absolute Gasteiger partial charge is 0.271 e. The molecule has 1 heterocycles. The number of nitrogens with zero attached hydrogens (tertiary/aromatic N) is 1. The molecule has 20 heavy (non-hydrogen) atoms. The average molecular weight is 332 g/mol. The zero-order chi connectivity index (χ0) is 14.1. The van der Waals surface area contributed by atoms with Gasteiger partial charge in [0.2, 0.25) is 0 Å². The monoisotopic (exact) mass is 331 g/mol. The molecule has 3 N–H and O–H groups in total. The number of hydrogen-bond donors (Lipinski definition) is 2. The average Bonchev–Trinajstić information content (AvgIpc) is 2.88. The lowest BCUT2D eigenvalue weighted by molar-refractivity contribution is 0.445. The van der Waals surface area contributed by atoms with Crippen molar-refractivity contribution in [2.75, 3.05) is 0 Å². The van der Waals surface area contributed by atoms with E-state index in [1.54, 1.807) is 0 Å². The molecule has 0 spiro atoms. The van der Waals surface area contributed by atoms with E-state index >= 15 is 0 Å². The van der Waals surface area contributed by atoms with Gasteiger partial charge in [-0.25, -0.2) is 0 Å². The molecule has 0 amide bonds. The van der Waals surface area contributed by atoms with Crippen molar-refractivity contribution < 1.29 is 0 Å². The van der Waals surface area contributed by atoms with E-state index in [1.807, 2.05) is 12.3 Å². The first-order valence-corrected chi connectivity index (χ1v) is 7.66. The molecule has 0 saturated heterocycles. The molecule has 4 heteroatoms. The zero-order valence-corrected chi connectivity index (χ0v) is 13.0. The molecule has 1 aromatic carbocycles. The number of hydrazine groups is 1. The maximum absolute atomic E-state index is 5.87. The van der Waals surface area contributed by atoms with Crippen molar-refractivity contribution in [1.29, 1.82) is 0 Å². The van der Waals surface area contributed by atoms with Crippen LogP contribution in [0.1, 0.15) is 40.8 Å². The van der Waals surface area contributed by atoms with Crippen molar-refractivity contribution in [1.82, 2.24) is 10.4 Å². The lowest BCUT2D eigenvalue weighted by Crippen LogP contribution is -2.32. The Balaban J connectivity index is 2.01. The lowest BCUT2D eigenvalue weighted by Gasteiger charge is -2.25. The number of hydrogen-bond acceptors (Lipinski definition) is 3. The first-order chi connectivity index (χ1) is 9.70. The van der Waals surface area contributed by atoms with Crippen LogP contribution >= 0.6 is 15.9 Å². The Bertz CT molecular complexity index is 627. The number of nitrogens with two attached hydrogens (primary N) is 1. The highest BCUT2D eigenvalue weighted by molar-refractivity contribution is 9.10. The summed E-state index contributed by atoms with van der Waals surface area (Å²) in [4.78, 5) is 4.58. The minimum absolute atomic E-state index is 0.101. The van der Waals surface area contributed by atoms with Gasteiger partial charge in [-0.2, -0.15) is 0 Å². The number of benzene rings is 1. The van der Waals surface area contributed by atoms with E-state index in [1.165, 1.54) is 22.4 Å². The standard InChI is InChI=1S/C16H18BrN3/c1-10-4-6-12(17)9-14(10)16(20-18)13-7-5-11-3-2-8-19-15(11)13/h2-4,6,8-9,13,16,20H,5,7,18H2,1H3. The van der Waals surface area contributed by atoms with Crippen LogP contribution in [0.25, 0.3) is 0 Å². The Hall–Kier alpha value is -1.23. The Morgan fingerprint density at radius 2 is 2.25 bits per heavy atom. The Kier molecular flexibility index (Phi) is 3.87. The van der Waals surface area contributed by atoms with Gasteiger partial charge in [0.1, 0.15) is 0 Å². The number of pyridine rings is 1. The molecule has 0 radical (unpaired) electrons. The fourth-order valence-electron chi connectivity index (χ4n) is 3.14. The summed E-state index contributed by atoms with van der Waals surface area (Å²) >= 11 is 3.55. The molecule has 0 fully saturated rings. The Labute approximate surface area is 127 Å². The SMILES string of the molecule is Cc1ccc(Br)cc1C(NN)C1CCc2cccnc21. The van der Waals surface area contributed by atoms with Crippen LogP contribution in [0.3, 0.4) is 0 Å². The molecule has 3 rings (SSSR count). The predicted octanol–water partition coefficient (Wildman–Crippen LogP) is 3.39. The molecule has 104 valence electrons. The summed E-state index contributed by atoms with van der Waals surface area (Å²) in [5, 5.41) is 0. The van der Waals surface area contributed by atoms with Crippen molar-refractivity contribution >= 4 is 15.9 Å². The Morgan fingerprint density at radius 3 is 3.05 bits per heavy atom. The molecule has 0 aliphatic heterocycles. The maximum atomic E-state index is 5.87. The summed E-state index contributed by atoms with van der Waals surface area (Å²) < 4.78 is 1.08. The summed E-state index contributed by atoms with van der Waals surface area (Å²) in [6.07, 6.45) is 4.05. The van der Waals surface area contributed by atoms with Crippen molar-refractivity contribution in [3.63, 3.8) is 0 Å². The van der Waals surface area contributed by atoms with Crippen LogP contribution in [-0.4, -0.2) is 4.98 Å². The van der Waals surface area contributed by atoms with Crippen LogP contribution in [0, 0.1) is 6.92 Å². The van der Waals surface area contributed by atoms with Crippen LogP contribution in [-0.2, 0) is 6.42 Å². The van der Waals surface area contributed by atoms with Gasteiger partial charge in [-0.1, -0.05) is 28.1 Å². The predicted molar refractivity (Wildman–Crippen MR) is 84.2 cm³/mol. The smallest absolute Gasteiger partial charge is 0.0546 e. The molecule has 1 aliphatic carbocycles. The third-order valence-electron chi connectivity index (χ3n) is 4.16. The van der Waals surface area contributed by atoms with E-state index in [-0.39, 0.29) is 6.04 Å². The van der Waals surface area contributed by atoms with E-state index < -0.39 is 0 Å². The zero-order valence-electron chi connectivity index (χ0n) is 11.4. The molecule has 1 aliphatic rings. The first-order valence-electron chi connectivity index (χ1n) is 6.86. The van der Waals surface area contributed by atoms with E-state index in [9.17, 15) is 0 Å². The summed E-state index contributed by atoms with van der Waals surface area (Å²) in [5.74, 6) is 6.20. The molecular weight excluding hydrogens is 314 g/mol. The summed E-state index contributed by atoms with van der Waals surface area (Å²) in [6.45, 7) is 2.13. The minimum Gasteiger partial charge on any atom is -0.271 e. The van der Waals surface area contributed by atoms with Gasteiger partial charge in [0.25, 0.3) is 0 Å². The molecule has 0 saturated carbocycles. The van der Waals surface area contributed by atoms with Gasteiger partial charge >= 0.3 is 0 Å². The molecule has 2 aromatic rings. The van der Waals surface area contributed by atoms with E-state index in [4.69, 9.17) is 5.84 Å². The minimum atomic E-state index is 0.101. The van der Waals surface area contributed by atoms with Gasteiger partial charge in [-0.15, -0.1) is 0 Å². The van der Waals surface area contributed by atoms with Gasteiger partial charge in [0.05, 0.1) is 6.04 Å². The second-order valence-corrected chi connectivity index (χ2v) is 6.25. The lowest BCUT2D eigenvalue weighted by atomic mass is 9.89. The number of fused-ring (bicyclic) bond motifs is 1. The number of nitrogens with one attached hydrogen (secondary N) is 1. The van der Waals surface area contributed by atoms with Crippen molar-refractivity contribution in [2.45, 2.75) is 31.7 Å². The molecule has 1 aromatic heterocycles. The second kappa shape index (κ2) is 5.64. The van der Waals surface area contributed by atoms with Crippen LogP contribution in [0.5, 0.6) is 0 Å². The fraction of sp³-hybridized carbons (Fsp3) is 0.312. The Morgan fingerprint density at radius 1 is 1.40 bits per heavy atom. The highest BCUT2D eigenvalue weighted by atomic mass is 79.9. The third kappa shape index (κ3) is 2.39. The van der Waals surface area contributed by atoms with Crippen LogP contribution in [0.2, 0.25) is 0 Å². The number of aromatic nitrogens is 1. The van der Waals surface area contributed by atoms with E-state index in [0.29, 0.717) is 5.92 Å². The van der Waals surface area contributed by atoms with Crippen molar-refractivity contribution in [3.05, 3.63) is 63.4 Å². The topological polar surface area (TPSA) is 50.9 Å². The highest BCUT2D eigenvalue weighted by Crippen LogP contribution is 2.41. The van der Waals surface area contributed by atoms with Gasteiger partial charge in [0, 0.05) is 22.3 Å². The maximum Gasteiger partial charge on any atom is 0.0546 e. The van der Waals surface area contributed by atoms with Crippen LogP contribution in [0.4, 0.5) is 0 Å². The molecule has 3 nitrogen and oxygen atoms in total. The molecular formula is C16H18BrN3. The van der Waals surface area contributed by atoms with Crippen molar-refractivity contribution in [3.8, 4) is 0 Å². The van der Waals surface area contributed by atoms with Gasteiger partial charge < -0.3 is 0 Å². The summed E-state index contributed by atoms with van der Waals surface area (Å²) in [5.41, 5.74) is 8.04. The number of halogens is 1. The number of rotatable bonds is 3. The highest BCUT2D eigenvalue weighted by Gasteiger charge is 2.32. The van der Waals surface area contributed by atoms with E-state index in [2.05, 4.69) is 57.5 Å². The normalized spacial score (nSPS) is 18.9. The first kappa shape index (κ1) is 13.7. The quantitative estimate of drug-likeness (QED) is 0.669. The van der Waals surface area contributed by atoms with Gasteiger partial charge in [0.15, 0.2) is 0 Å². The summed E-state index contributed by atoms with van der Waals surface area (Å²) in [6, 6.07) is 10.6. The van der Waals surface area contributed by atoms with Crippen LogP contribution < -0.4 is 11.3 Å². The van der Waals surface area contributed by atoms with E-state index in [0.717, 1.165) is 17.3 Å². The molecule has 2 unspecified atom stereocenters. The number of aryl methyl sites for hydroxylation is 2.